The fraction of sp³-hybridized carbons (Fsp3) is 0.500. The minimum Gasteiger partial charge on any atom is -0.444 e. The molecule has 2 aromatic carbocycles. The van der Waals surface area contributed by atoms with Crippen molar-refractivity contribution >= 4 is 17.9 Å². The Morgan fingerprint density at radius 2 is 1.46 bits per heavy atom. The zero-order valence-electron chi connectivity index (χ0n) is 23.3. The van der Waals surface area contributed by atoms with Crippen molar-refractivity contribution in [2.24, 2.45) is 5.92 Å². The highest BCUT2D eigenvalue weighted by molar-refractivity contribution is 5.92. The van der Waals surface area contributed by atoms with Crippen LogP contribution in [0, 0.1) is 5.92 Å². The summed E-state index contributed by atoms with van der Waals surface area (Å²) in [5.74, 6) is -0.752. The van der Waals surface area contributed by atoms with E-state index in [1.807, 2.05) is 88.4 Å². The molecular formula is C30H43N3O4. The first-order valence-corrected chi connectivity index (χ1v) is 13.2. The molecule has 37 heavy (non-hydrogen) atoms. The number of hydrogen-bond donors (Lipinski definition) is 2. The molecule has 4 unspecified atom stereocenters. The molecule has 0 bridgehead atoms. The molecule has 0 aliphatic rings. The summed E-state index contributed by atoms with van der Waals surface area (Å²) >= 11 is 0. The van der Waals surface area contributed by atoms with E-state index in [0.29, 0.717) is 24.9 Å². The molecule has 3 amide bonds. The van der Waals surface area contributed by atoms with Crippen LogP contribution in [0.3, 0.4) is 0 Å². The number of hydrogen-bond acceptors (Lipinski definition) is 4. The topological polar surface area (TPSA) is 87.7 Å². The van der Waals surface area contributed by atoms with Gasteiger partial charge in [-0.1, -0.05) is 87.9 Å². The Bertz CT molecular complexity index is 1000. The van der Waals surface area contributed by atoms with Crippen LogP contribution < -0.4 is 10.6 Å². The number of nitrogens with zero attached hydrogens (tertiary/aromatic N) is 1. The SMILES string of the molecule is CCC(C)C(NC(=O)OC(C)(C)C)C(=O)N(C(C)CC)C(C(=O)NCc1ccccc1)c1ccccc1. The van der Waals surface area contributed by atoms with Gasteiger partial charge in [-0.25, -0.2) is 4.79 Å². The largest absolute Gasteiger partial charge is 0.444 e. The van der Waals surface area contributed by atoms with Crippen LogP contribution in [0.1, 0.15) is 78.5 Å². The summed E-state index contributed by atoms with van der Waals surface area (Å²) in [5, 5.41) is 5.82. The predicted octanol–water partition coefficient (Wildman–Crippen LogP) is 5.61. The van der Waals surface area contributed by atoms with E-state index in [9.17, 15) is 14.4 Å². The molecule has 7 nitrogen and oxygen atoms in total. The summed E-state index contributed by atoms with van der Waals surface area (Å²) in [6.45, 7) is 13.5. The molecule has 0 fully saturated rings. The maximum Gasteiger partial charge on any atom is 0.408 e. The van der Waals surface area contributed by atoms with E-state index in [0.717, 1.165) is 5.56 Å². The fourth-order valence-electron chi connectivity index (χ4n) is 4.03. The lowest BCUT2D eigenvalue weighted by atomic mass is 9.94. The maximum absolute atomic E-state index is 14.2. The van der Waals surface area contributed by atoms with Gasteiger partial charge in [-0.15, -0.1) is 0 Å². The third-order valence-corrected chi connectivity index (χ3v) is 6.42. The van der Waals surface area contributed by atoms with E-state index in [1.165, 1.54) is 0 Å². The van der Waals surface area contributed by atoms with Gasteiger partial charge in [0, 0.05) is 12.6 Å². The van der Waals surface area contributed by atoms with Crippen LogP contribution in [0.15, 0.2) is 60.7 Å². The van der Waals surface area contributed by atoms with Crippen molar-refractivity contribution < 1.29 is 19.1 Å². The quantitative estimate of drug-likeness (QED) is 0.412. The lowest BCUT2D eigenvalue weighted by Crippen LogP contribution is -2.57. The van der Waals surface area contributed by atoms with Crippen LogP contribution in [0.5, 0.6) is 0 Å². The van der Waals surface area contributed by atoms with E-state index >= 15 is 0 Å². The van der Waals surface area contributed by atoms with Crippen molar-refractivity contribution in [1.29, 1.82) is 0 Å². The van der Waals surface area contributed by atoms with Crippen molar-refractivity contribution in [3.05, 3.63) is 71.8 Å². The Labute approximate surface area is 222 Å². The molecular weight excluding hydrogens is 466 g/mol. The van der Waals surface area contributed by atoms with Gasteiger partial charge in [0.25, 0.3) is 0 Å². The van der Waals surface area contributed by atoms with Crippen molar-refractivity contribution in [1.82, 2.24) is 15.5 Å². The monoisotopic (exact) mass is 509 g/mol. The van der Waals surface area contributed by atoms with Gasteiger partial charge in [-0.05, 0) is 51.2 Å². The zero-order chi connectivity index (χ0) is 27.6. The number of carbonyl (C=O) groups is 3. The van der Waals surface area contributed by atoms with E-state index in [-0.39, 0.29) is 23.8 Å². The molecule has 7 heteroatoms. The molecule has 0 saturated heterocycles. The molecule has 0 radical (unpaired) electrons. The molecule has 0 spiro atoms. The summed E-state index contributed by atoms with van der Waals surface area (Å²) in [6, 6.07) is 17.0. The Kier molecular flexibility index (Phi) is 11.2. The minimum atomic E-state index is -0.862. The molecule has 0 aromatic heterocycles. The molecule has 2 aromatic rings. The number of carbonyl (C=O) groups excluding carboxylic acids is 3. The average molecular weight is 510 g/mol. The summed E-state index contributed by atoms with van der Waals surface area (Å²) in [6.07, 6.45) is 0.650. The van der Waals surface area contributed by atoms with Crippen LogP contribution in [0.2, 0.25) is 0 Å². The highest BCUT2D eigenvalue weighted by Gasteiger charge is 2.39. The molecule has 0 aliphatic carbocycles. The van der Waals surface area contributed by atoms with Gasteiger partial charge in [0.2, 0.25) is 11.8 Å². The fourth-order valence-corrected chi connectivity index (χ4v) is 4.03. The van der Waals surface area contributed by atoms with Gasteiger partial charge in [-0.2, -0.15) is 0 Å². The molecule has 2 rings (SSSR count). The lowest BCUT2D eigenvalue weighted by molar-refractivity contribution is -0.146. The smallest absolute Gasteiger partial charge is 0.408 e. The second-order valence-corrected chi connectivity index (χ2v) is 10.5. The van der Waals surface area contributed by atoms with Gasteiger partial charge >= 0.3 is 6.09 Å². The Hall–Kier alpha value is -3.35. The van der Waals surface area contributed by atoms with Crippen molar-refractivity contribution in [3.63, 3.8) is 0 Å². The van der Waals surface area contributed by atoms with Gasteiger partial charge in [0.15, 0.2) is 0 Å². The van der Waals surface area contributed by atoms with Gasteiger partial charge in [0.1, 0.15) is 17.7 Å². The molecule has 2 N–H and O–H groups in total. The minimum absolute atomic E-state index is 0.171. The number of nitrogens with one attached hydrogen (secondary N) is 2. The first-order chi connectivity index (χ1) is 17.5. The number of ether oxygens (including phenoxy) is 1. The number of amides is 3. The average Bonchev–Trinajstić information content (AvgIpc) is 2.87. The predicted molar refractivity (Wildman–Crippen MR) is 147 cm³/mol. The van der Waals surface area contributed by atoms with Crippen molar-refractivity contribution in [2.45, 2.75) is 91.6 Å². The summed E-state index contributed by atoms with van der Waals surface area (Å²) in [5.41, 5.74) is 0.975. The standard InChI is InChI=1S/C30H43N3O4/c1-8-21(3)25(32-29(36)37-30(5,6)7)28(35)33(22(4)9-2)26(24-18-14-11-15-19-24)27(34)31-20-23-16-12-10-13-17-23/h10-19,21-22,25-26H,8-9,20H2,1-7H3,(H,31,34)(H,32,36). The van der Waals surface area contributed by atoms with Crippen LogP contribution >= 0.6 is 0 Å². The Balaban J connectivity index is 2.46. The van der Waals surface area contributed by atoms with E-state index in [1.54, 1.807) is 25.7 Å². The summed E-state index contributed by atoms with van der Waals surface area (Å²) < 4.78 is 5.46. The Morgan fingerprint density at radius 1 is 0.892 bits per heavy atom. The van der Waals surface area contributed by atoms with Crippen molar-refractivity contribution in [2.75, 3.05) is 0 Å². The van der Waals surface area contributed by atoms with Crippen molar-refractivity contribution in [3.8, 4) is 0 Å². The molecule has 0 heterocycles. The summed E-state index contributed by atoms with van der Waals surface area (Å²) in [4.78, 5) is 42.3. The van der Waals surface area contributed by atoms with E-state index in [4.69, 9.17) is 4.74 Å². The van der Waals surface area contributed by atoms with Gasteiger partial charge in [-0.3, -0.25) is 9.59 Å². The molecule has 4 atom stereocenters. The van der Waals surface area contributed by atoms with E-state index in [2.05, 4.69) is 10.6 Å². The number of alkyl carbamates (subject to hydrolysis) is 1. The van der Waals surface area contributed by atoms with Crippen LogP contribution in [-0.4, -0.2) is 40.5 Å². The van der Waals surface area contributed by atoms with Gasteiger partial charge in [0.05, 0.1) is 0 Å². The highest BCUT2D eigenvalue weighted by atomic mass is 16.6. The van der Waals surface area contributed by atoms with Gasteiger partial charge < -0.3 is 20.3 Å². The number of rotatable bonds is 11. The molecule has 202 valence electrons. The molecule has 0 aliphatic heterocycles. The number of benzene rings is 2. The summed E-state index contributed by atoms with van der Waals surface area (Å²) in [7, 11) is 0. The highest BCUT2D eigenvalue weighted by Crippen LogP contribution is 2.28. The zero-order valence-corrected chi connectivity index (χ0v) is 23.3. The van der Waals surface area contributed by atoms with Crippen LogP contribution in [0.4, 0.5) is 4.79 Å². The molecule has 0 saturated carbocycles. The second-order valence-electron chi connectivity index (χ2n) is 10.5. The van der Waals surface area contributed by atoms with Crippen LogP contribution in [0.25, 0.3) is 0 Å². The lowest BCUT2D eigenvalue weighted by Gasteiger charge is -2.39. The van der Waals surface area contributed by atoms with Crippen LogP contribution in [-0.2, 0) is 20.9 Å². The second kappa shape index (κ2) is 13.8. The third kappa shape index (κ3) is 8.92. The first kappa shape index (κ1) is 29.9. The Morgan fingerprint density at radius 3 is 1.97 bits per heavy atom. The third-order valence-electron chi connectivity index (χ3n) is 6.42. The van der Waals surface area contributed by atoms with E-state index < -0.39 is 23.8 Å². The first-order valence-electron chi connectivity index (χ1n) is 13.2. The maximum atomic E-state index is 14.2. The normalized spacial score (nSPS) is 14.6.